The van der Waals surface area contributed by atoms with Gasteiger partial charge < -0.3 is 15.5 Å². The van der Waals surface area contributed by atoms with Crippen LogP contribution in [0.3, 0.4) is 0 Å². The minimum atomic E-state index is -0.532. The van der Waals surface area contributed by atoms with Gasteiger partial charge in [-0.25, -0.2) is 4.39 Å². The molecular weight excluding hydrogens is 457 g/mol. The lowest BCUT2D eigenvalue weighted by Crippen LogP contribution is -2.45. The molecule has 0 spiro atoms. The van der Waals surface area contributed by atoms with E-state index in [1.165, 1.54) is 24.3 Å². The number of amides is 3. The van der Waals surface area contributed by atoms with Crippen molar-refractivity contribution in [1.29, 1.82) is 0 Å². The van der Waals surface area contributed by atoms with Crippen LogP contribution in [0.25, 0.3) is 0 Å². The molecule has 3 aromatic rings. The fraction of sp³-hybridized carbons (Fsp3) is 0.292. The third-order valence-electron chi connectivity index (χ3n) is 5.70. The van der Waals surface area contributed by atoms with E-state index in [9.17, 15) is 18.8 Å². The highest BCUT2D eigenvalue weighted by Crippen LogP contribution is 2.21. The molecule has 1 aliphatic heterocycles. The number of carbonyl (C=O) groups is 3. The van der Waals surface area contributed by atoms with Gasteiger partial charge in [-0.05, 0) is 55.2 Å². The van der Waals surface area contributed by atoms with E-state index in [0.29, 0.717) is 31.6 Å². The van der Waals surface area contributed by atoms with Crippen LogP contribution in [0, 0.1) is 18.7 Å². The Morgan fingerprint density at radius 2 is 1.82 bits per heavy atom. The summed E-state index contributed by atoms with van der Waals surface area (Å²) in [5.41, 5.74) is 2.57. The number of likely N-dealkylation sites (tertiary alicyclic amines) is 1. The number of carbonyl (C=O) groups excluding carboxylic acids is 3. The van der Waals surface area contributed by atoms with Crippen molar-refractivity contribution in [2.45, 2.75) is 26.3 Å². The lowest BCUT2D eigenvalue weighted by atomic mass is 9.97. The van der Waals surface area contributed by atoms with Gasteiger partial charge in [0, 0.05) is 25.3 Å². The Bertz CT molecular complexity index is 1200. The van der Waals surface area contributed by atoms with E-state index in [4.69, 9.17) is 0 Å². The van der Waals surface area contributed by atoms with Gasteiger partial charge in [0.25, 0.3) is 11.8 Å². The van der Waals surface area contributed by atoms with E-state index in [-0.39, 0.29) is 34.3 Å². The van der Waals surface area contributed by atoms with Crippen LogP contribution < -0.4 is 10.6 Å². The lowest BCUT2D eigenvalue weighted by molar-refractivity contribution is -0.126. The van der Waals surface area contributed by atoms with Crippen LogP contribution in [-0.2, 0) is 11.3 Å². The molecule has 1 atom stereocenters. The van der Waals surface area contributed by atoms with E-state index in [0.717, 1.165) is 22.5 Å². The molecule has 0 unspecified atom stereocenters. The minimum absolute atomic E-state index is 0.0252. The van der Waals surface area contributed by atoms with Gasteiger partial charge in [0.1, 0.15) is 5.82 Å². The molecule has 176 valence electrons. The summed E-state index contributed by atoms with van der Waals surface area (Å²) in [7, 11) is 0. The van der Waals surface area contributed by atoms with Gasteiger partial charge in [0.15, 0.2) is 0 Å². The first kappa shape index (κ1) is 23.5. The number of halogens is 1. The van der Waals surface area contributed by atoms with Gasteiger partial charge >= 0.3 is 0 Å². The Morgan fingerprint density at radius 1 is 1.09 bits per heavy atom. The maximum Gasteiger partial charge on any atom is 0.286 e. The van der Waals surface area contributed by atoms with Gasteiger partial charge in [-0.15, -0.1) is 10.2 Å². The van der Waals surface area contributed by atoms with Crippen molar-refractivity contribution in [3.05, 3.63) is 75.5 Å². The third-order valence-corrected chi connectivity index (χ3v) is 6.61. The van der Waals surface area contributed by atoms with Crippen LogP contribution in [0.2, 0.25) is 0 Å². The Balaban J connectivity index is 1.34. The molecule has 4 rings (SSSR count). The zero-order valence-corrected chi connectivity index (χ0v) is 19.4. The maximum absolute atomic E-state index is 13.0. The second kappa shape index (κ2) is 10.5. The SMILES string of the molecule is Cc1ccccc1CNC(=O)[C@@H]1CCCN(C(=O)c2nnc(C(=O)Nc3ccc(F)cc3)s2)C1. The predicted molar refractivity (Wildman–Crippen MR) is 126 cm³/mol. The van der Waals surface area contributed by atoms with E-state index in [2.05, 4.69) is 20.8 Å². The summed E-state index contributed by atoms with van der Waals surface area (Å²) in [4.78, 5) is 39.7. The number of benzene rings is 2. The molecule has 2 N–H and O–H groups in total. The van der Waals surface area contributed by atoms with Crippen LogP contribution in [0.4, 0.5) is 10.1 Å². The molecule has 1 fully saturated rings. The number of hydrogen-bond acceptors (Lipinski definition) is 6. The number of nitrogens with one attached hydrogen (secondary N) is 2. The number of aryl methyl sites for hydroxylation is 1. The van der Waals surface area contributed by atoms with Crippen LogP contribution in [0.5, 0.6) is 0 Å². The lowest BCUT2D eigenvalue weighted by Gasteiger charge is -2.31. The zero-order chi connectivity index (χ0) is 24.1. The summed E-state index contributed by atoms with van der Waals surface area (Å²) in [6.07, 6.45) is 1.40. The molecule has 10 heteroatoms. The fourth-order valence-electron chi connectivity index (χ4n) is 3.77. The molecule has 1 aliphatic rings. The highest BCUT2D eigenvalue weighted by Gasteiger charge is 2.31. The van der Waals surface area contributed by atoms with Crippen molar-refractivity contribution in [3.8, 4) is 0 Å². The predicted octanol–water partition coefficient (Wildman–Crippen LogP) is 3.41. The van der Waals surface area contributed by atoms with E-state index >= 15 is 0 Å². The van der Waals surface area contributed by atoms with Gasteiger partial charge in [0.2, 0.25) is 15.9 Å². The molecular formula is C24H24FN5O3S. The molecule has 1 saturated heterocycles. The summed E-state index contributed by atoms with van der Waals surface area (Å²) in [5.74, 6) is -1.69. The topological polar surface area (TPSA) is 104 Å². The standard InChI is InChI=1S/C24H24FN5O3S/c1-15-5-2-3-6-16(15)13-26-20(31)17-7-4-12-30(14-17)24(33)23-29-28-22(34-23)21(32)27-19-10-8-18(25)9-11-19/h2-3,5-6,8-11,17H,4,7,12-14H2,1H3,(H,26,31)(H,27,32)/t17-/m1/s1. The Morgan fingerprint density at radius 3 is 2.59 bits per heavy atom. The summed E-state index contributed by atoms with van der Waals surface area (Å²) in [6, 6.07) is 13.2. The molecule has 3 amide bonds. The summed E-state index contributed by atoms with van der Waals surface area (Å²) < 4.78 is 13.0. The van der Waals surface area contributed by atoms with Gasteiger partial charge in [-0.2, -0.15) is 0 Å². The van der Waals surface area contributed by atoms with Crippen molar-refractivity contribution in [2.75, 3.05) is 18.4 Å². The zero-order valence-electron chi connectivity index (χ0n) is 18.6. The molecule has 34 heavy (non-hydrogen) atoms. The Labute approximate surface area is 200 Å². The summed E-state index contributed by atoms with van der Waals surface area (Å²) in [6.45, 7) is 3.24. The van der Waals surface area contributed by atoms with Crippen molar-refractivity contribution in [1.82, 2.24) is 20.4 Å². The van der Waals surface area contributed by atoms with Gasteiger partial charge in [0.05, 0.1) is 5.92 Å². The van der Waals surface area contributed by atoms with E-state index < -0.39 is 11.7 Å². The van der Waals surface area contributed by atoms with Crippen molar-refractivity contribution in [3.63, 3.8) is 0 Å². The number of hydrogen-bond donors (Lipinski definition) is 2. The first-order valence-electron chi connectivity index (χ1n) is 10.9. The highest BCUT2D eigenvalue weighted by molar-refractivity contribution is 7.15. The third kappa shape index (κ3) is 5.63. The molecule has 1 aromatic heterocycles. The number of rotatable bonds is 6. The average molecular weight is 482 g/mol. The van der Waals surface area contributed by atoms with E-state index in [1.54, 1.807) is 4.90 Å². The second-order valence-electron chi connectivity index (χ2n) is 8.11. The first-order chi connectivity index (χ1) is 16.4. The van der Waals surface area contributed by atoms with Gasteiger partial charge in [-0.3, -0.25) is 14.4 Å². The van der Waals surface area contributed by atoms with Crippen molar-refractivity contribution in [2.24, 2.45) is 5.92 Å². The number of anilines is 1. The number of nitrogens with zero attached hydrogens (tertiary/aromatic N) is 3. The molecule has 8 nitrogen and oxygen atoms in total. The second-order valence-corrected chi connectivity index (χ2v) is 9.09. The average Bonchev–Trinajstić information content (AvgIpc) is 3.35. The van der Waals surface area contributed by atoms with E-state index in [1.807, 2.05) is 31.2 Å². The highest BCUT2D eigenvalue weighted by atomic mass is 32.1. The number of piperidine rings is 1. The van der Waals surface area contributed by atoms with Crippen LogP contribution >= 0.6 is 11.3 Å². The molecule has 0 aliphatic carbocycles. The Hall–Kier alpha value is -3.66. The minimum Gasteiger partial charge on any atom is -0.352 e. The van der Waals surface area contributed by atoms with Crippen molar-refractivity contribution < 1.29 is 18.8 Å². The molecule has 0 bridgehead atoms. The van der Waals surface area contributed by atoms with Crippen molar-refractivity contribution >= 4 is 34.7 Å². The van der Waals surface area contributed by atoms with Crippen LogP contribution in [0.1, 0.15) is 43.6 Å². The smallest absolute Gasteiger partial charge is 0.286 e. The normalized spacial score (nSPS) is 15.6. The quantitative estimate of drug-likeness (QED) is 0.562. The summed E-state index contributed by atoms with van der Waals surface area (Å²) >= 11 is 0.884. The molecule has 0 radical (unpaired) electrons. The fourth-order valence-corrected chi connectivity index (χ4v) is 4.47. The van der Waals surface area contributed by atoms with Crippen LogP contribution in [-0.4, -0.2) is 45.9 Å². The monoisotopic (exact) mass is 481 g/mol. The Kier molecular flexibility index (Phi) is 7.27. The maximum atomic E-state index is 13.0. The van der Waals surface area contributed by atoms with Crippen LogP contribution in [0.15, 0.2) is 48.5 Å². The molecule has 0 saturated carbocycles. The largest absolute Gasteiger partial charge is 0.352 e. The number of aromatic nitrogens is 2. The first-order valence-corrected chi connectivity index (χ1v) is 11.7. The van der Waals surface area contributed by atoms with Gasteiger partial charge in [-0.1, -0.05) is 35.6 Å². The molecule has 2 aromatic carbocycles. The summed E-state index contributed by atoms with van der Waals surface area (Å²) in [5, 5.41) is 13.4. The molecule has 2 heterocycles.